The number of hydrogen-bond donors (Lipinski definition) is 2. The Balaban J connectivity index is 2.79. The summed E-state index contributed by atoms with van der Waals surface area (Å²) in [4.78, 5) is 24.9. The second kappa shape index (κ2) is 5.64. The standard InChI is InChI=1S/C12H17N3O4/c1-8-9(15(18)19)4-5-10(13-8)14-12(2,3)7-6-11(16)17/h4-5H,6-7H2,1-3H3,(H,13,14)(H,16,17). The zero-order valence-corrected chi connectivity index (χ0v) is 11.1. The van der Waals surface area contributed by atoms with Crippen molar-refractivity contribution in [3.05, 3.63) is 27.9 Å². The van der Waals surface area contributed by atoms with Gasteiger partial charge in [-0.25, -0.2) is 4.98 Å². The molecule has 7 nitrogen and oxygen atoms in total. The zero-order valence-electron chi connectivity index (χ0n) is 11.1. The van der Waals surface area contributed by atoms with Gasteiger partial charge in [-0.15, -0.1) is 0 Å². The molecule has 104 valence electrons. The SMILES string of the molecule is Cc1nc(NC(C)(C)CCC(=O)O)ccc1[N+](=O)[O-]. The Morgan fingerprint density at radius 1 is 1.53 bits per heavy atom. The lowest BCUT2D eigenvalue weighted by molar-refractivity contribution is -0.385. The van der Waals surface area contributed by atoms with Crippen molar-refractivity contribution in [3.8, 4) is 0 Å². The maximum Gasteiger partial charge on any atom is 0.303 e. The van der Waals surface area contributed by atoms with E-state index < -0.39 is 16.4 Å². The molecule has 0 bridgehead atoms. The first-order chi connectivity index (χ1) is 8.71. The van der Waals surface area contributed by atoms with Crippen molar-refractivity contribution in [2.45, 2.75) is 39.2 Å². The largest absolute Gasteiger partial charge is 0.481 e. The van der Waals surface area contributed by atoms with Crippen LogP contribution in [0.25, 0.3) is 0 Å². The molecule has 0 spiro atoms. The van der Waals surface area contributed by atoms with E-state index in [4.69, 9.17) is 5.11 Å². The minimum atomic E-state index is -0.859. The molecule has 1 aromatic rings. The number of aryl methyl sites for hydroxylation is 1. The van der Waals surface area contributed by atoms with Crippen LogP contribution in [0.5, 0.6) is 0 Å². The number of nitrogens with one attached hydrogen (secondary N) is 1. The zero-order chi connectivity index (χ0) is 14.6. The van der Waals surface area contributed by atoms with Crippen LogP contribution in [0.1, 0.15) is 32.4 Å². The van der Waals surface area contributed by atoms with Crippen LogP contribution in [0.15, 0.2) is 12.1 Å². The molecule has 1 heterocycles. The predicted molar refractivity (Wildman–Crippen MR) is 70.2 cm³/mol. The van der Waals surface area contributed by atoms with Crippen LogP contribution in [0.4, 0.5) is 11.5 Å². The quantitative estimate of drug-likeness (QED) is 0.605. The molecule has 0 aliphatic carbocycles. The van der Waals surface area contributed by atoms with E-state index in [-0.39, 0.29) is 12.1 Å². The Hall–Kier alpha value is -2.18. The van der Waals surface area contributed by atoms with E-state index >= 15 is 0 Å². The van der Waals surface area contributed by atoms with Crippen LogP contribution in [-0.4, -0.2) is 26.5 Å². The Morgan fingerprint density at radius 3 is 2.63 bits per heavy atom. The van der Waals surface area contributed by atoms with Gasteiger partial charge in [-0.2, -0.15) is 0 Å². The summed E-state index contributed by atoms with van der Waals surface area (Å²) >= 11 is 0. The molecule has 0 unspecified atom stereocenters. The number of carboxylic acid groups (broad SMARTS) is 1. The summed E-state index contributed by atoms with van der Waals surface area (Å²) < 4.78 is 0. The second-order valence-electron chi connectivity index (χ2n) is 4.96. The molecule has 2 N–H and O–H groups in total. The van der Waals surface area contributed by atoms with E-state index in [9.17, 15) is 14.9 Å². The average molecular weight is 267 g/mol. The van der Waals surface area contributed by atoms with Gasteiger partial charge in [-0.05, 0) is 33.3 Å². The molecular formula is C12H17N3O4. The number of aromatic nitrogens is 1. The maximum absolute atomic E-state index is 10.7. The van der Waals surface area contributed by atoms with Gasteiger partial charge >= 0.3 is 5.97 Å². The molecule has 0 radical (unpaired) electrons. The normalized spacial score (nSPS) is 11.1. The number of rotatable bonds is 6. The number of aliphatic carboxylic acids is 1. The summed E-state index contributed by atoms with van der Waals surface area (Å²) in [7, 11) is 0. The molecule has 0 amide bonds. The van der Waals surface area contributed by atoms with Gasteiger partial charge in [0.15, 0.2) is 0 Å². The smallest absolute Gasteiger partial charge is 0.303 e. The summed E-state index contributed by atoms with van der Waals surface area (Å²) in [5.74, 6) is -0.360. The maximum atomic E-state index is 10.7. The lowest BCUT2D eigenvalue weighted by Crippen LogP contribution is -2.32. The number of hydrogen-bond acceptors (Lipinski definition) is 5. The van der Waals surface area contributed by atoms with Crippen LogP contribution in [-0.2, 0) is 4.79 Å². The predicted octanol–water partition coefficient (Wildman–Crippen LogP) is 2.35. The Kier molecular flexibility index (Phi) is 4.42. The van der Waals surface area contributed by atoms with Crippen molar-refractivity contribution >= 4 is 17.5 Å². The molecule has 19 heavy (non-hydrogen) atoms. The highest BCUT2D eigenvalue weighted by Gasteiger charge is 2.20. The van der Waals surface area contributed by atoms with Gasteiger partial charge in [0.25, 0.3) is 5.69 Å². The summed E-state index contributed by atoms with van der Waals surface area (Å²) in [6.07, 6.45) is 0.478. The third-order valence-corrected chi connectivity index (χ3v) is 2.68. The van der Waals surface area contributed by atoms with E-state index in [1.54, 1.807) is 6.92 Å². The summed E-state index contributed by atoms with van der Waals surface area (Å²) in [5, 5.41) is 22.4. The fourth-order valence-corrected chi connectivity index (χ4v) is 1.64. The first-order valence-electron chi connectivity index (χ1n) is 5.83. The average Bonchev–Trinajstić information content (AvgIpc) is 2.25. The molecule has 0 saturated heterocycles. The third kappa shape index (κ3) is 4.53. The Morgan fingerprint density at radius 2 is 2.16 bits per heavy atom. The lowest BCUT2D eigenvalue weighted by atomic mass is 9.98. The Bertz CT molecular complexity index is 500. The Labute approximate surface area is 110 Å². The van der Waals surface area contributed by atoms with Crippen molar-refractivity contribution in [2.24, 2.45) is 0 Å². The number of anilines is 1. The van der Waals surface area contributed by atoms with Crippen molar-refractivity contribution < 1.29 is 14.8 Å². The van der Waals surface area contributed by atoms with Gasteiger partial charge in [0, 0.05) is 18.0 Å². The number of pyridine rings is 1. The van der Waals surface area contributed by atoms with Gasteiger partial charge < -0.3 is 10.4 Å². The van der Waals surface area contributed by atoms with Crippen molar-refractivity contribution in [1.29, 1.82) is 0 Å². The van der Waals surface area contributed by atoms with E-state index in [0.29, 0.717) is 17.9 Å². The summed E-state index contributed by atoms with van der Waals surface area (Å²) in [5.41, 5.74) is -0.161. The molecule has 0 saturated carbocycles. The molecule has 1 rings (SSSR count). The van der Waals surface area contributed by atoms with Crippen LogP contribution < -0.4 is 5.32 Å². The van der Waals surface area contributed by atoms with Gasteiger partial charge in [-0.1, -0.05) is 0 Å². The highest BCUT2D eigenvalue weighted by molar-refractivity contribution is 5.66. The van der Waals surface area contributed by atoms with Crippen LogP contribution in [0, 0.1) is 17.0 Å². The van der Waals surface area contributed by atoms with Gasteiger partial charge in [0.1, 0.15) is 11.5 Å². The molecule has 1 aromatic heterocycles. The van der Waals surface area contributed by atoms with Gasteiger partial charge in [0.2, 0.25) is 0 Å². The molecule has 7 heteroatoms. The van der Waals surface area contributed by atoms with E-state index in [1.807, 2.05) is 13.8 Å². The molecule has 0 atom stereocenters. The third-order valence-electron chi connectivity index (χ3n) is 2.68. The number of nitrogens with zero attached hydrogens (tertiary/aromatic N) is 2. The van der Waals surface area contributed by atoms with Crippen molar-refractivity contribution in [3.63, 3.8) is 0 Å². The van der Waals surface area contributed by atoms with E-state index in [1.165, 1.54) is 12.1 Å². The molecule has 0 aromatic carbocycles. The van der Waals surface area contributed by atoms with E-state index in [0.717, 1.165) is 0 Å². The van der Waals surface area contributed by atoms with E-state index in [2.05, 4.69) is 10.3 Å². The minimum Gasteiger partial charge on any atom is -0.481 e. The highest BCUT2D eigenvalue weighted by atomic mass is 16.6. The highest BCUT2D eigenvalue weighted by Crippen LogP contribution is 2.22. The summed E-state index contributed by atoms with van der Waals surface area (Å²) in [6, 6.07) is 2.91. The molecular weight excluding hydrogens is 250 g/mol. The van der Waals surface area contributed by atoms with Crippen LogP contribution >= 0.6 is 0 Å². The number of carboxylic acids is 1. The van der Waals surface area contributed by atoms with Gasteiger partial charge in [0.05, 0.1) is 4.92 Å². The number of carbonyl (C=O) groups is 1. The first kappa shape index (κ1) is 14.9. The molecule has 0 aliphatic rings. The molecule has 0 aliphatic heterocycles. The first-order valence-corrected chi connectivity index (χ1v) is 5.83. The van der Waals surface area contributed by atoms with Crippen LogP contribution in [0.3, 0.4) is 0 Å². The van der Waals surface area contributed by atoms with Gasteiger partial charge in [-0.3, -0.25) is 14.9 Å². The van der Waals surface area contributed by atoms with Crippen LogP contribution in [0.2, 0.25) is 0 Å². The summed E-state index contributed by atoms with van der Waals surface area (Å²) in [6.45, 7) is 5.27. The minimum absolute atomic E-state index is 0.0334. The lowest BCUT2D eigenvalue weighted by Gasteiger charge is -2.26. The topological polar surface area (TPSA) is 105 Å². The fraction of sp³-hybridized carbons (Fsp3) is 0.500. The monoisotopic (exact) mass is 267 g/mol. The van der Waals surface area contributed by atoms with Crippen molar-refractivity contribution in [2.75, 3.05) is 5.32 Å². The molecule has 0 fully saturated rings. The second-order valence-corrected chi connectivity index (χ2v) is 4.96. The fourth-order valence-electron chi connectivity index (χ4n) is 1.64. The van der Waals surface area contributed by atoms with Crippen molar-refractivity contribution in [1.82, 2.24) is 4.98 Å². The number of nitro groups is 1.